The Morgan fingerprint density at radius 1 is 1.24 bits per heavy atom. The summed E-state index contributed by atoms with van der Waals surface area (Å²) >= 11 is 0. The molecule has 1 aromatic heterocycles. The highest BCUT2D eigenvalue weighted by molar-refractivity contribution is 5.85. The molecule has 3 rings (SSSR count). The standard InChI is InChI=1S/C18H24N2O/c1-2-19-12-15-11-18(21-13-14-7-3-4-8-14)16-9-5-6-10-17(16)20-15/h5-6,9-11,14,19H,2-4,7-8,12-13H2,1H3. The lowest BCUT2D eigenvalue weighted by Crippen LogP contribution is -2.14. The van der Waals surface area contributed by atoms with Gasteiger partial charge in [0, 0.05) is 18.0 Å². The quantitative estimate of drug-likeness (QED) is 0.873. The number of nitrogens with zero attached hydrogens (tertiary/aromatic N) is 1. The maximum atomic E-state index is 6.16. The molecular weight excluding hydrogens is 260 g/mol. The number of fused-ring (bicyclic) bond motifs is 1. The summed E-state index contributed by atoms with van der Waals surface area (Å²) in [7, 11) is 0. The third-order valence-electron chi connectivity index (χ3n) is 4.24. The second-order valence-corrected chi connectivity index (χ2v) is 5.87. The molecule has 3 heteroatoms. The summed E-state index contributed by atoms with van der Waals surface area (Å²) in [6.07, 6.45) is 5.34. The molecule has 1 saturated carbocycles. The van der Waals surface area contributed by atoms with Gasteiger partial charge in [0.1, 0.15) is 5.75 Å². The van der Waals surface area contributed by atoms with E-state index in [1.54, 1.807) is 0 Å². The molecule has 0 aliphatic heterocycles. The van der Waals surface area contributed by atoms with Gasteiger partial charge in [0.15, 0.2) is 0 Å². The number of ether oxygens (including phenoxy) is 1. The van der Waals surface area contributed by atoms with Crippen molar-refractivity contribution in [1.82, 2.24) is 10.3 Å². The first kappa shape index (κ1) is 14.3. The van der Waals surface area contributed by atoms with E-state index >= 15 is 0 Å². The summed E-state index contributed by atoms with van der Waals surface area (Å²) < 4.78 is 6.16. The predicted octanol–water partition coefficient (Wildman–Crippen LogP) is 3.91. The van der Waals surface area contributed by atoms with Gasteiger partial charge in [0.05, 0.1) is 17.8 Å². The Hall–Kier alpha value is -1.61. The minimum atomic E-state index is 0.731. The summed E-state index contributed by atoms with van der Waals surface area (Å²) in [5, 5.41) is 4.46. The van der Waals surface area contributed by atoms with Crippen LogP contribution in [0, 0.1) is 5.92 Å². The predicted molar refractivity (Wildman–Crippen MR) is 86.6 cm³/mol. The summed E-state index contributed by atoms with van der Waals surface area (Å²) in [5.41, 5.74) is 2.08. The lowest BCUT2D eigenvalue weighted by molar-refractivity contribution is 0.254. The van der Waals surface area contributed by atoms with Crippen LogP contribution >= 0.6 is 0 Å². The normalized spacial score (nSPS) is 15.7. The van der Waals surface area contributed by atoms with Crippen LogP contribution in [0.3, 0.4) is 0 Å². The number of hydrogen-bond donors (Lipinski definition) is 1. The second-order valence-electron chi connectivity index (χ2n) is 5.87. The van der Waals surface area contributed by atoms with Crippen molar-refractivity contribution in [2.24, 2.45) is 5.92 Å². The van der Waals surface area contributed by atoms with Gasteiger partial charge in [0.25, 0.3) is 0 Å². The van der Waals surface area contributed by atoms with Crippen molar-refractivity contribution in [3.63, 3.8) is 0 Å². The summed E-state index contributed by atoms with van der Waals surface area (Å²) in [5.74, 6) is 1.72. The molecule has 1 aliphatic rings. The molecule has 0 atom stereocenters. The first-order valence-electron chi connectivity index (χ1n) is 8.09. The molecule has 0 unspecified atom stereocenters. The lowest BCUT2D eigenvalue weighted by atomic mass is 10.1. The van der Waals surface area contributed by atoms with Crippen LogP contribution in [0.5, 0.6) is 5.75 Å². The number of rotatable bonds is 6. The maximum Gasteiger partial charge on any atom is 0.130 e. The van der Waals surface area contributed by atoms with E-state index in [4.69, 9.17) is 9.72 Å². The number of nitrogens with one attached hydrogen (secondary N) is 1. The van der Waals surface area contributed by atoms with Crippen LogP contribution in [0.4, 0.5) is 0 Å². The Kier molecular flexibility index (Phi) is 4.71. The highest BCUT2D eigenvalue weighted by Gasteiger charge is 2.16. The molecule has 0 spiro atoms. The number of para-hydroxylation sites is 1. The topological polar surface area (TPSA) is 34.1 Å². The summed E-state index contributed by atoms with van der Waals surface area (Å²) in [6.45, 7) is 4.70. The Morgan fingerprint density at radius 2 is 2.05 bits per heavy atom. The fraction of sp³-hybridized carbons (Fsp3) is 0.500. The molecule has 1 aromatic carbocycles. The zero-order valence-corrected chi connectivity index (χ0v) is 12.8. The van der Waals surface area contributed by atoms with Gasteiger partial charge < -0.3 is 10.1 Å². The van der Waals surface area contributed by atoms with Crippen LogP contribution in [-0.4, -0.2) is 18.1 Å². The smallest absolute Gasteiger partial charge is 0.130 e. The van der Waals surface area contributed by atoms with E-state index in [0.29, 0.717) is 0 Å². The molecule has 112 valence electrons. The Balaban J connectivity index is 1.82. The van der Waals surface area contributed by atoms with Gasteiger partial charge in [-0.2, -0.15) is 0 Å². The van der Waals surface area contributed by atoms with Crippen LogP contribution in [0.15, 0.2) is 30.3 Å². The van der Waals surface area contributed by atoms with Crippen LogP contribution in [0.2, 0.25) is 0 Å². The van der Waals surface area contributed by atoms with Crippen LogP contribution in [-0.2, 0) is 6.54 Å². The molecular formula is C18H24N2O. The Labute approximate surface area is 126 Å². The fourth-order valence-corrected chi connectivity index (χ4v) is 3.04. The average Bonchev–Trinajstić information content (AvgIpc) is 3.04. The summed E-state index contributed by atoms with van der Waals surface area (Å²) in [6, 6.07) is 10.3. The van der Waals surface area contributed by atoms with Crippen molar-refractivity contribution in [1.29, 1.82) is 0 Å². The zero-order chi connectivity index (χ0) is 14.5. The average molecular weight is 284 g/mol. The molecule has 0 bridgehead atoms. The number of aromatic nitrogens is 1. The number of benzene rings is 1. The molecule has 0 saturated heterocycles. The van der Waals surface area contributed by atoms with Gasteiger partial charge >= 0.3 is 0 Å². The van der Waals surface area contributed by atoms with Crippen LogP contribution in [0.1, 0.15) is 38.3 Å². The van der Waals surface area contributed by atoms with Crippen LogP contribution < -0.4 is 10.1 Å². The molecule has 1 heterocycles. The Morgan fingerprint density at radius 3 is 2.86 bits per heavy atom. The van der Waals surface area contributed by atoms with Gasteiger partial charge in [0.2, 0.25) is 0 Å². The highest BCUT2D eigenvalue weighted by Crippen LogP contribution is 2.29. The van der Waals surface area contributed by atoms with Gasteiger partial charge in [-0.3, -0.25) is 4.98 Å². The molecule has 0 amide bonds. The third-order valence-corrected chi connectivity index (χ3v) is 4.24. The molecule has 1 aliphatic carbocycles. The number of hydrogen-bond acceptors (Lipinski definition) is 3. The molecule has 2 aromatic rings. The third kappa shape index (κ3) is 3.53. The van der Waals surface area contributed by atoms with E-state index < -0.39 is 0 Å². The van der Waals surface area contributed by atoms with E-state index in [1.807, 2.05) is 6.07 Å². The highest BCUT2D eigenvalue weighted by atomic mass is 16.5. The van der Waals surface area contributed by atoms with Crippen molar-refractivity contribution < 1.29 is 4.74 Å². The first-order valence-corrected chi connectivity index (χ1v) is 8.09. The second kappa shape index (κ2) is 6.90. The van der Waals surface area contributed by atoms with E-state index in [-0.39, 0.29) is 0 Å². The van der Waals surface area contributed by atoms with Crippen molar-refractivity contribution in [2.75, 3.05) is 13.2 Å². The van der Waals surface area contributed by atoms with Gasteiger partial charge in [-0.15, -0.1) is 0 Å². The van der Waals surface area contributed by atoms with E-state index in [0.717, 1.165) is 48.0 Å². The zero-order valence-electron chi connectivity index (χ0n) is 12.8. The first-order chi connectivity index (χ1) is 10.4. The summed E-state index contributed by atoms with van der Waals surface area (Å²) in [4.78, 5) is 4.71. The largest absolute Gasteiger partial charge is 0.493 e. The SMILES string of the molecule is CCNCc1cc(OCC2CCCC2)c2ccccc2n1. The fourth-order valence-electron chi connectivity index (χ4n) is 3.04. The van der Waals surface area contributed by atoms with Gasteiger partial charge in [-0.1, -0.05) is 31.9 Å². The molecule has 1 fully saturated rings. The lowest BCUT2D eigenvalue weighted by Gasteiger charge is -2.14. The molecule has 21 heavy (non-hydrogen) atoms. The van der Waals surface area contributed by atoms with Crippen molar-refractivity contribution >= 4 is 10.9 Å². The van der Waals surface area contributed by atoms with Gasteiger partial charge in [-0.25, -0.2) is 0 Å². The Bertz CT molecular complexity index is 591. The number of pyridine rings is 1. The maximum absolute atomic E-state index is 6.16. The molecule has 3 nitrogen and oxygen atoms in total. The van der Waals surface area contributed by atoms with Crippen molar-refractivity contribution in [3.8, 4) is 5.75 Å². The van der Waals surface area contributed by atoms with E-state index in [2.05, 4.69) is 36.5 Å². The van der Waals surface area contributed by atoms with Gasteiger partial charge in [-0.05, 0) is 37.4 Å². The van der Waals surface area contributed by atoms with Crippen molar-refractivity contribution in [3.05, 3.63) is 36.0 Å². The van der Waals surface area contributed by atoms with E-state index in [1.165, 1.54) is 25.7 Å². The molecule has 1 N–H and O–H groups in total. The van der Waals surface area contributed by atoms with E-state index in [9.17, 15) is 0 Å². The minimum absolute atomic E-state index is 0.731. The molecule has 0 radical (unpaired) electrons. The van der Waals surface area contributed by atoms with Crippen molar-refractivity contribution in [2.45, 2.75) is 39.2 Å². The minimum Gasteiger partial charge on any atom is -0.493 e. The monoisotopic (exact) mass is 284 g/mol. The van der Waals surface area contributed by atoms with Crippen LogP contribution in [0.25, 0.3) is 10.9 Å².